The van der Waals surface area contributed by atoms with E-state index in [1.165, 1.54) is 0 Å². The summed E-state index contributed by atoms with van der Waals surface area (Å²) >= 11 is 0. The summed E-state index contributed by atoms with van der Waals surface area (Å²) in [5, 5.41) is 3.05. The molecule has 1 aliphatic rings. The maximum atomic E-state index is 12.6. The lowest BCUT2D eigenvalue weighted by molar-refractivity contribution is 0.181. The summed E-state index contributed by atoms with van der Waals surface area (Å²) in [6, 6.07) is 1.95. The van der Waals surface area contributed by atoms with Crippen LogP contribution in [-0.2, 0) is 0 Å². The van der Waals surface area contributed by atoms with Crippen molar-refractivity contribution in [3.8, 4) is 22.9 Å². The van der Waals surface area contributed by atoms with Gasteiger partial charge in [0, 0.05) is 36.7 Å². The summed E-state index contributed by atoms with van der Waals surface area (Å²) in [6.45, 7) is 4.52. The van der Waals surface area contributed by atoms with Crippen LogP contribution in [0, 0.1) is 0 Å². The molecular formula is C21H26N6O3. The van der Waals surface area contributed by atoms with E-state index in [1.54, 1.807) is 31.5 Å². The minimum Gasteiger partial charge on any atom is -0.494 e. The largest absolute Gasteiger partial charge is 0.494 e. The monoisotopic (exact) mass is 410 g/mol. The van der Waals surface area contributed by atoms with Gasteiger partial charge in [-0.1, -0.05) is 0 Å². The van der Waals surface area contributed by atoms with Gasteiger partial charge in [0.1, 0.15) is 5.75 Å². The van der Waals surface area contributed by atoms with Gasteiger partial charge < -0.3 is 24.1 Å². The Kier molecular flexibility index (Phi) is 5.43. The van der Waals surface area contributed by atoms with E-state index in [1.807, 2.05) is 36.7 Å². The third-order valence-electron chi connectivity index (χ3n) is 5.32. The number of rotatable bonds is 7. The molecule has 1 saturated carbocycles. The van der Waals surface area contributed by atoms with Gasteiger partial charge in [-0.15, -0.1) is 0 Å². The first-order valence-corrected chi connectivity index (χ1v) is 10.0. The van der Waals surface area contributed by atoms with Gasteiger partial charge in [0.25, 0.3) is 5.88 Å². The first-order valence-electron chi connectivity index (χ1n) is 10.0. The number of fused-ring (bicyclic) bond motifs is 1. The topological polar surface area (TPSA) is 93.9 Å². The van der Waals surface area contributed by atoms with Gasteiger partial charge in [-0.05, 0) is 32.8 Å². The SMILES string of the molecule is CCN(C(=O)NC1CC1)[C@H](C)c1cc(-c2cn3ccnc3c(OC)n2)c(OC)cn1. The molecule has 3 aromatic rings. The number of imidazole rings is 1. The number of amides is 2. The number of methoxy groups -OCH3 is 2. The second-order valence-electron chi connectivity index (χ2n) is 7.29. The van der Waals surface area contributed by atoms with Crippen LogP contribution in [0.5, 0.6) is 11.6 Å². The molecule has 0 bridgehead atoms. The number of urea groups is 1. The van der Waals surface area contributed by atoms with Gasteiger partial charge in [0.2, 0.25) is 0 Å². The van der Waals surface area contributed by atoms with E-state index in [4.69, 9.17) is 9.47 Å². The molecule has 0 unspecified atom stereocenters. The Morgan fingerprint density at radius 3 is 2.80 bits per heavy atom. The van der Waals surface area contributed by atoms with Gasteiger partial charge in [0.15, 0.2) is 5.65 Å². The van der Waals surface area contributed by atoms with Crippen LogP contribution in [0.3, 0.4) is 0 Å². The van der Waals surface area contributed by atoms with Gasteiger partial charge in [-0.3, -0.25) is 4.98 Å². The molecule has 0 saturated heterocycles. The molecule has 9 nitrogen and oxygen atoms in total. The molecule has 0 radical (unpaired) electrons. The average molecular weight is 410 g/mol. The quantitative estimate of drug-likeness (QED) is 0.643. The van der Waals surface area contributed by atoms with E-state index < -0.39 is 0 Å². The first-order chi connectivity index (χ1) is 14.5. The molecule has 30 heavy (non-hydrogen) atoms. The van der Waals surface area contributed by atoms with E-state index in [9.17, 15) is 4.79 Å². The molecule has 0 spiro atoms. The second-order valence-corrected chi connectivity index (χ2v) is 7.29. The zero-order valence-electron chi connectivity index (χ0n) is 17.6. The van der Waals surface area contributed by atoms with Crippen molar-refractivity contribution in [2.75, 3.05) is 20.8 Å². The number of hydrogen-bond acceptors (Lipinski definition) is 6. The third-order valence-corrected chi connectivity index (χ3v) is 5.32. The summed E-state index contributed by atoms with van der Waals surface area (Å²) in [7, 11) is 3.16. The van der Waals surface area contributed by atoms with Crippen molar-refractivity contribution in [3.05, 3.63) is 36.5 Å². The van der Waals surface area contributed by atoms with Crippen molar-refractivity contribution >= 4 is 11.7 Å². The van der Waals surface area contributed by atoms with Crippen LogP contribution in [0.15, 0.2) is 30.9 Å². The predicted octanol–water partition coefficient (Wildman–Crippen LogP) is 3.06. The highest BCUT2D eigenvalue weighted by Crippen LogP contribution is 2.33. The van der Waals surface area contributed by atoms with Crippen LogP contribution < -0.4 is 14.8 Å². The highest BCUT2D eigenvalue weighted by atomic mass is 16.5. The van der Waals surface area contributed by atoms with Crippen LogP contribution in [0.25, 0.3) is 16.9 Å². The molecule has 9 heteroatoms. The van der Waals surface area contributed by atoms with Crippen LogP contribution in [0.1, 0.15) is 38.4 Å². The molecule has 2 amide bonds. The van der Waals surface area contributed by atoms with E-state index in [0.717, 1.165) is 24.1 Å². The zero-order valence-corrected chi connectivity index (χ0v) is 17.6. The average Bonchev–Trinajstić information content (AvgIpc) is 3.45. The highest BCUT2D eigenvalue weighted by Gasteiger charge is 2.28. The first kappa shape index (κ1) is 19.9. The number of hydrogen-bond donors (Lipinski definition) is 1. The predicted molar refractivity (Wildman–Crippen MR) is 112 cm³/mol. The summed E-state index contributed by atoms with van der Waals surface area (Å²) in [6.07, 6.45) is 9.16. The zero-order chi connectivity index (χ0) is 21.3. The van der Waals surface area contributed by atoms with Crippen molar-refractivity contribution in [2.45, 2.75) is 38.8 Å². The normalized spacial score (nSPS) is 14.4. The lowest BCUT2D eigenvalue weighted by Gasteiger charge is -2.28. The fourth-order valence-corrected chi connectivity index (χ4v) is 3.46. The lowest BCUT2D eigenvalue weighted by atomic mass is 10.1. The van der Waals surface area contributed by atoms with Crippen molar-refractivity contribution in [3.63, 3.8) is 0 Å². The Morgan fingerprint density at radius 2 is 2.13 bits per heavy atom. The second kappa shape index (κ2) is 8.17. The molecule has 1 aliphatic carbocycles. The van der Waals surface area contributed by atoms with E-state index in [0.29, 0.717) is 35.6 Å². The minimum absolute atomic E-state index is 0.0636. The summed E-state index contributed by atoms with van der Waals surface area (Å²) in [5.74, 6) is 1.01. The molecular weight excluding hydrogens is 384 g/mol. The van der Waals surface area contributed by atoms with Crippen LogP contribution in [0.2, 0.25) is 0 Å². The van der Waals surface area contributed by atoms with Gasteiger partial charge in [-0.25, -0.2) is 14.8 Å². The Balaban J connectivity index is 1.72. The third kappa shape index (κ3) is 3.74. The van der Waals surface area contributed by atoms with Gasteiger partial charge in [0.05, 0.1) is 37.8 Å². The Morgan fingerprint density at radius 1 is 1.33 bits per heavy atom. The molecule has 0 aromatic carbocycles. The van der Waals surface area contributed by atoms with E-state index in [2.05, 4.69) is 20.3 Å². The molecule has 158 valence electrons. The molecule has 0 aliphatic heterocycles. The number of ether oxygens (including phenoxy) is 2. The Labute approximate surface area is 175 Å². The maximum absolute atomic E-state index is 12.6. The number of carbonyl (C=O) groups is 1. The molecule has 1 atom stereocenters. The molecule has 3 heterocycles. The van der Waals surface area contributed by atoms with Crippen LogP contribution in [0.4, 0.5) is 4.79 Å². The number of carbonyl (C=O) groups excluding carboxylic acids is 1. The van der Waals surface area contributed by atoms with Gasteiger partial charge >= 0.3 is 6.03 Å². The van der Waals surface area contributed by atoms with Crippen LogP contribution >= 0.6 is 0 Å². The Hall–Kier alpha value is -3.36. The lowest BCUT2D eigenvalue weighted by Crippen LogP contribution is -2.42. The van der Waals surface area contributed by atoms with E-state index in [-0.39, 0.29) is 12.1 Å². The fraction of sp³-hybridized carbons (Fsp3) is 0.429. The smallest absolute Gasteiger partial charge is 0.318 e. The Bertz CT molecular complexity index is 1060. The van der Waals surface area contributed by atoms with E-state index >= 15 is 0 Å². The van der Waals surface area contributed by atoms with Crippen molar-refractivity contribution in [1.82, 2.24) is 29.6 Å². The summed E-state index contributed by atoms with van der Waals surface area (Å²) in [4.78, 5) is 27.9. The highest BCUT2D eigenvalue weighted by molar-refractivity contribution is 5.75. The number of aromatic nitrogens is 4. The summed E-state index contributed by atoms with van der Waals surface area (Å²) in [5.41, 5.74) is 2.82. The van der Waals surface area contributed by atoms with Crippen molar-refractivity contribution < 1.29 is 14.3 Å². The standard InChI is InChI=1S/C21H26N6O3/c1-5-27(21(28)24-14-6-7-14)13(2)16-10-15(18(29-3)11-23-16)17-12-26-9-8-22-19(26)20(25-17)30-4/h8-14H,5-7H2,1-4H3,(H,24,28)/t13-/m1/s1. The molecule has 1 N–H and O–H groups in total. The van der Waals surface area contributed by atoms with Gasteiger partial charge in [-0.2, -0.15) is 0 Å². The molecule has 1 fully saturated rings. The number of nitrogens with one attached hydrogen (secondary N) is 1. The minimum atomic E-state index is -0.211. The molecule has 3 aromatic heterocycles. The number of pyridine rings is 1. The number of nitrogens with zero attached hydrogens (tertiary/aromatic N) is 5. The fourth-order valence-electron chi connectivity index (χ4n) is 3.46. The van der Waals surface area contributed by atoms with Crippen molar-refractivity contribution in [2.24, 2.45) is 0 Å². The van der Waals surface area contributed by atoms with Crippen LogP contribution in [-0.4, -0.2) is 57.1 Å². The summed E-state index contributed by atoms with van der Waals surface area (Å²) < 4.78 is 12.8. The molecule has 4 rings (SSSR count). The van der Waals surface area contributed by atoms with Crippen molar-refractivity contribution in [1.29, 1.82) is 0 Å². The maximum Gasteiger partial charge on any atom is 0.318 e.